The summed E-state index contributed by atoms with van der Waals surface area (Å²) >= 11 is 0. The molecule has 10 heteroatoms. The molecule has 2 atom stereocenters. The van der Waals surface area contributed by atoms with Crippen LogP contribution >= 0.6 is 0 Å². The smallest absolute Gasteiger partial charge is 0.271 e. The molecule has 10 nitrogen and oxygen atoms in total. The summed E-state index contributed by atoms with van der Waals surface area (Å²) in [4.78, 5) is 30.3. The summed E-state index contributed by atoms with van der Waals surface area (Å²) in [6, 6.07) is 0.684. The molecule has 0 spiro atoms. The molecule has 1 aliphatic heterocycles. The number of aromatic amines is 1. The van der Waals surface area contributed by atoms with E-state index in [9.17, 15) is 14.7 Å². The van der Waals surface area contributed by atoms with Crippen LogP contribution in [0, 0.1) is 5.41 Å². The lowest BCUT2D eigenvalue weighted by Crippen LogP contribution is -2.27. The summed E-state index contributed by atoms with van der Waals surface area (Å²) < 4.78 is 0. The molecule has 122 valence electrons. The second kappa shape index (κ2) is 6.75. The molecule has 1 aromatic rings. The van der Waals surface area contributed by atoms with Gasteiger partial charge in [-0.1, -0.05) is 0 Å². The van der Waals surface area contributed by atoms with Gasteiger partial charge in [0, 0.05) is 18.8 Å². The van der Waals surface area contributed by atoms with E-state index in [4.69, 9.17) is 16.9 Å². The van der Waals surface area contributed by atoms with Gasteiger partial charge in [0.1, 0.15) is 29.5 Å². The summed E-state index contributed by atoms with van der Waals surface area (Å²) in [5.74, 6) is -1.03. The predicted octanol–water partition coefficient (Wildman–Crippen LogP) is -1.38. The van der Waals surface area contributed by atoms with Gasteiger partial charge in [-0.05, 0) is 12.1 Å². The third-order valence-electron chi connectivity index (χ3n) is 3.07. The van der Waals surface area contributed by atoms with Crippen LogP contribution in [0.5, 0.6) is 0 Å². The van der Waals surface area contributed by atoms with Gasteiger partial charge in [-0.3, -0.25) is 20.0 Å². The molecule has 23 heavy (non-hydrogen) atoms. The van der Waals surface area contributed by atoms with Crippen LogP contribution in [0.15, 0.2) is 29.5 Å². The summed E-state index contributed by atoms with van der Waals surface area (Å²) in [7, 11) is 0. The number of aliphatic hydroxyl groups excluding tert-OH is 1. The van der Waals surface area contributed by atoms with Gasteiger partial charge in [-0.15, -0.1) is 0 Å². The number of H-pyrrole nitrogens is 1. The Morgan fingerprint density at radius 2 is 2.26 bits per heavy atom. The largest absolute Gasteiger partial charge is 0.385 e. The summed E-state index contributed by atoms with van der Waals surface area (Å²) in [6.07, 6.45) is 3.12. The second-order valence-electron chi connectivity index (χ2n) is 4.87. The molecule has 2 rings (SSSR count). The monoisotopic (exact) mass is 319 g/mol. The van der Waals surface area contributed by atoms with E-state index in [0.717, 1.165) is 0 Å². The van der Waals surface area contributed by atoms with E-state index in [0.29, 0.717) is 5.69 Å². The lowest BCUT2D eigenvalue weighted by molar-refractivity contribution is -0.117. The molecule has 2 amide bonds. The molecule has 0 bridgehead atoms. The van der Waals surface area contributed by atoms with Crippen molar-refractivity contribution in [3.05, 3.63) is 30.2 Å². The highest BCUT2D eigenvalue weighted by Gasteiger charge is 2.30. The number of carbonyl (C=O) groups is 2. The maximum absolute atomic E-state index is 12.0. The summed E-state index contributed by atoms with van der Waals surface area (Å²) in [5, 5.41) is 21.4. The van der Waals surface area contributed by atoms with Crippen LogP contribution in [0.4, 0.5) is 5.69 Å². The number of amidine groups is 2. The highest BCUT2D eigenvalue weighted by molar-refractivity contribution is 6.01. The Bertz CT molecular complexity index is 691. The Kier molecular flexibility index (Phi) is 4.76. The van der Waals surface area contributed by atoms with Gasteiger partial charge >= 0.3 is 0 Å². The molecule has 0 aromatic carbocycles. The fourth-order valence-electron chi connectivity index (χ4n) is 1.92. The lowest BCUT2D eigenvalue weighted by Gasteiger charge is -2.06. The van der Waals surface area contributed by atoms with Crippen LogP contribution in [0.2, 0.25) is 0 Å². The van der Waals surface area contributed by atoms with E-state index in [2.05, 4.69) is 20.6 Å². The first-order valence-electron chi connectivity index (χ1n) is 6.68. The van der Waals surface area contributed by atoms with Crippen molar-refractivity contribution in [1.82, 2.24) is 10.3 Å². The van der Waals surface area contributed by atoms with Gasteiger partial charge < -0.3 is 32.2 Å². The quantitative estimate of drug-likeness (QED) is 0.260. The van der Waals surface area contributed by atoms with Crippen molar-refractivity contribution in [2.45, 2.75) is 18.6 Å². The number of hydrogen-bond acceptors (Lipinski definition) is 6. The molecule has 0 aliphatic carbocycles. The lowest BCUT2D eigenvalue weighted by atomic mass is 10.1. The Balaban J connectivity index is 1.93. The fourth-order valence-corrected chi connectivity index (χ4v) is 1.92. The zero-order chi connectivity index (χ0) is 17.0. The van der Waals surface area contributed by atoms with Crippen molar-refractivity contribution < 1.29 is 14.7 Å². The van der Waals surface area contributed by atoms with Crippen molar-refractivity contribution >= 4 is 29.2 Å². The topological polar surface area (TPSA) is 182 Å². The van der Waals surface area contributed by atoms with Gasteiger partial charge in [0.15, 0.2) is 0 Å². The third-order valence-corrected chi connectivity index (χ3v) is 3.07. The Morgan fingerprint density at radius 1 is 1.52 bits per heavy atom. The first-order chi connectivity index (χ1) is 10.9. The molecule has 0 saturated heterocycles. The number of nitrogens with two attached hydrogens (primary N) is 2. The second-order valence-corrected chi connectivity index (χ2v) is 4.87. The van der Waals surface area contributed by atoms with E-state index < -0.39 is 24.0 Å². The van der Waals surface area contributed by atoms with Gasteiger partial charge in [-0.25, -0.2) is 0 Å². The first kappa shape index (κ1) is 16.2. The van der Waals surface area contributed by atoms with Crippen LogP contribution in [0.25, 0.3) is 0 Å². The minimum absolute atomic E-state index is 0.0385. The number of anilines is 1. The standard InChI is InChI=1S/C13H17N7O3/c14-10(15)1-2-17-12(22)7-3-6(5-18-7)19-13(23)8-4-9(21)11(16)20-8/h1-3,5,8-9,18,21H,4H2,(H3,14,15)(H2,16,20)(H,17,22)(H,19,23)/b2-1+. The SMILES string of the molecule is N=C(N)/C=C/NC(=O)c1cc(NC(=O)C2CC(O)C(N)=N2)c[nH]1. The molecule has 0 fully saturated rings. The van der Waals surface area contributed by atoms with Gasteiger partial charge in [-0.2, -0.15) is 0 Å². The average Bonchev–Trinajstić information content (AvgIpc) is 3.06. The number of hydrogen-bond donors (Lipinski definition) is 7. The minimum atomic E-state index is -0.911. The molecule has 1 aliphatic rings. The van der Waals surface area contributed by atoms with E-state index in [1.807, 2.05) is 0 Å². The third kappa shape index (κ3) is 4.17. The molecule has 2 unspecified atom stereocenters. The number of carbonyl (C=O) groups excluding carboxylic acids is 2. The molecule has 0 radical (unpaired) electrons. The number of aromatic nitrogens is 1. The molecule has 9 N–H and O–H groups in total. The van der Waals surface area contributed by atoms with Crippen molar-refractivity contribution in [3.63, 3.8) is 0 Å². The van der Waals surface area contributed by atoms with Crippen LogP contribution in [0.1, 0.15) is 16.9 Å². The van der Waals surface area contributed by atoms with Gasteiger partial charge in [0.05, 0.1) is 5.69 Å². The average molecular weight is 319 g/mol. The Morgan fingerprint density at radius 3 is 2.87 bits per heavy atom. The Labute approximate surface area is 131 Å². The maximum Gasteiger partial charge on any atom is 0.271 e. The summed E-state index contributed by atoms with van der Waals surface area (Å²) in [6.45, 7) is 0. The number of amides is 2. The fraction of sp³-hybridized carbons (Fsp3) is 0.231. The molecular weight excluding hydrogens is 302 g/mol. The Hall–Kier alpha value is -3.14. The van der Waals surface area contributed by atoms with Gasteiger partial charge in [0.2, 0.25) is 5.91 Å². The number of aliphatic imine (C=N–C) groups is 1. The van der Waals surface area contributed by atoms with Crippen molar-refractivity contribution in [1.29, 1.82) is 5.41 Å². The van der Waals surface area contributed by atoms with Crippen LogP contribution < -0.4 is 22.1 Å². The van der Waals surface area contributed by atoms with Crippen LogP contribution in [-0.4, -0.2) is 45.7 Å². The van der Waals surface area contributed by atoms with E-state index >= 15 is 0 Å². The maximum atomic E-state index is 12.0. The number of nitrogens with one attached hydrogen (secondary N) is 4. The molecule has 0 saturated carbocycles. The molecule has 1 aromatic heterocycles. The van der Waals surface area contributed by atoms with E-state index in [1.165, 1.54) is 24.5 Å². The predicted molar refractivity (Wildman–Crippen MR) is 84.0 cm³/mol. The first-order valence-corrected chi connectivity index (χ1v) is 6.68. The molecule has 2 heterocycles. The highest BCUT2D eigenvalue weighted by Crippen LogP contribution is 2.16. The van der Waals surface area contributed by atoms with Crippen molar-refractivity contribution in [2.75, 3.05) is 5.32 Å². The zero-order valence-corrected chi connectivity index (χ0v) is 12.0. The van der Waals surface area contributed by atoms with E-state index in [-0.39, 0.29) is 23.8 Å². The van der Waals surface area contributed by atoms with E-state index in [1.54, 1.807) is 0 Å². The minimum Gasteiger partial charge on any atom is -0.385 e. The number of aliphatic hydroxyl groups is 1. The molecular formula is C13H17N7O3. The van der Waals surface area contributed by atoms with Crippen LogP contribution in [0.3, 0.4) is 0 Å². The summed E-state index contributed by atoms with van der Waals surface area (Å²) in [5.41, 5.74) is 11.1. The number of rotatable bonds is 5. The number of nitrogens with zero attached hydrogens (tertiary/aromatic N) is 1. The zero-order valence-electron chi connectivity index (χ0n) is 12.0. The van der Waals surface area contributed by atoms with Crippen molar-refractivity contribution in [3.8, 4) is 0 Å². The van der Waals surface area contributed by atoms with Crippen LogP contribution in [-0.2, 0) is 4.79 Å². The normalized spacial score (nSPS) is 20.3. The highest BCUT2D eigenvalue weighted by atomic mass is 16.3. The van der Waals surface area contributed by atoms with Crippen molar-refractivity contribution in [2.24, 2.45) is 16.5 Å². The van der Waals surface area contributed by atoms with Gasteiger partial charge in [0.25, 0.3) is 5.91 Å².